The molecule has 0 spiro atoms. The lowest BCUT2D eigenvalue weighted by molar-refractivity contribution is 0.0947. The van der Waals surface area contributed by atoms with Gasteiger partial charge in [0.05, 0.1) is 35.7 Å². The molecule has 0 bridgehead atoms. The maximum absolute atomic E-state index is 12.5. The highest BCUT2D eigenvalue weighted by Crippen LogP contribution is 2.28. The fourth-order valence-corrected chi connectivity index (χ4v) is 4.86. The fraction of sp³-hybridized carbons (Fsp3) is 0.350. The summed E-state index contributed by atoms with van der Waals surface area (Å²) in [6.07, 6.45) is 1.43. The van der Waals surface area contributed by atoms with Gasteiger partial charge in [0.2, 0.25) is 10.0 Å². The Morgan fingerprint density at radius 2 is 1.86 bits per heavy atom. The molecule has 3 rings (SSSR count). The Hall–Kier alpha value is -2.45. The highest BCUT2D eigenvalue weighted by molar-refractivity contribution is 7.92. The third kappa shape index (κ3) is 5.33. The molecule has 1 amide bonds. The Kier molecular flexibility index (Phi) is 6.87. The summed E-state index contributed by atoms with van der Waals surface area (Å²) in [6, 6.07) is 11.8. The lowest BCUT2D eigenvalue weighted by atomic mass is 10.1. The minimum Gasteiger partial charge on any atom is -0.497 e. The Morgan fingerprint density at radius 3 is 2.55 bits per heavy atom. The van der Waals surface area contributed by atoms with Crippen LogP contribution in [0.4, 0.5) is 5.69 Å². The smallest absolute Gasteiger partial charge is 0.252 e. The number of nitrogens with zero attached hydrogens (tertiary/aromatic N) is 1. The molecule has 2 aromatic carbocycles. The van der Waals surface area contributed by atoms with Gasteiger partial charge in [-0.1, -0.05) is 11.6 Å². The summed E-state index contributed by atoms with van der Waals surface area (Å²) in [7, 11) is -1.77. The second-order valence-corrected chi connectivity index (χ2v) is 8.96. The SMILES string of the molecule is COc1ccc(OCCNC(=O)c2cc(N3CCCCS3(=O)=O)ccc2Cl)cc1. The van der Waals surface area contributed by atoms with E-state index in [-0.39, 0.29) is 35.4 Å². The molecule has 0 atom stereocenters. The van der Waals surface area contributed by atoms with Gasteiger partial charge in [0.15, 0.2) is 0 Å². The minimum absolute atomic E-state index is 0.111. The van der Waals surface area contributed by atoms with Crippen molar-refractivity contribution >= 4 is 33.2 Å². The minimum atomic E-state index is -3.36. The van der Waals surface area contributed by atoms with Crippen molar-refractivity contribution in [3.63, 3.8) is 0 Å². The van der Waals surface area contributed by atoms with E-state index >= 15 is 0 Å². The van der Waals surface area contributed by atoms with Gasteiger partial charge >= 0.3 is 0 Å². The van der Waals surface area contributed by atoms with Gasteiger partial charge in [-0.3, -0.25) is 9.10 Å². The second-order valence-electron chi connectivity index (χ2n) is 6.54. The maximum atomic E-state index is 12.5. The van der Waals surface area contributed by atoms with E-state index in [1.54, 1.807) is 43.5 Å². The van der Waals surface area contributed by atoms with E-state index in [9.17, 15) is 13.2 Å². The second kappa shape index (κ2) is 9.37. The quantitative estimate of drug-likeness (QED) is 0.671. The van der Waals surface area contributed by atoms with Gasteiger partial charge in [-0.15, -0.1) is 0 Å². The molecule has 1 fully saturated rings. The number of ether oxygens (including phenoxy) is 2. The standard InChI is InChI=1S/C20H23ClN2O5S/c1-27-16-5-7-17(8-6-16)28-12-10-22-20(24)18-14-15(4-9-19(18)21)23-11-2-3-13-29(23,25)26/h4-9,14H,2-3,10-13H2,1H3,(H,22,24). The molecule has 1 saturated heterocycles. The number of amides is 1. The number of carbonyl (C=O) groups excluding carboxylic acids is 1. The van der Waals surface area contributed by atoms with E-state index in [2.05, 4.69) is 5.32 Å². The Balaban J connectivity index is 1.60. The van der Waals surface area contributed by atoms with E-state index in [1.165, 1.54) is 10.4 Å². The highest BCUT2D eigenvalue weighted by Gasteiger charge is 2.27. The summed E-state index contributed by atoms with van der Waals surface area (Å²) in [5.74, 6) is 1.12. The van der Waals surface area contributed by atoms with Crippen LogP contribution < -0.4 is 19.1 Å². The number of benzene rings is 2. The number of nitrogens with one attached hydrogen (secondary N) is 1. The third-order valence-electron chi connectivity index (χ3n) is 4.55. The zero-order valence-corrected chi connectivity index (χ0v) is 17.6. The number of carbonyl (C=O) groups is 1. The first-order valence-corrected chi connectivity index (χ1v) is 11.2. The van der Waals surface area contributed by atoms with Crippen LogP contribution in [0, 0.1) is 0 Å². The van der Waals surface area contributed by atoms with E-state index in [4.69, 9.17) is 21.1 Å². The van der Waals surface area contributed by atoms with Crippen LogP contribution in [0.2, 0.25) is 5.02 Å². The van der Waals surface area contributed by atoms with Crippen LogP contribution in [-0.2, 0) is 10.0 Å². The molecule has 0 aromatic heterocycles. The summed E-state index contributed by atoms with van der Waals surface area (Å²) >= 11 is 6.17. The zero-order valence-electron chi connectivity index (χ0n) is 16.1. The molecule has 1 aliphatic heterocycles. The molecule has 0 saturated carbocycles. The van der Waals surface area contributed by atoms with Crippen molar-refractivity contribution in [1.29, 1.82) is 0 Å². The van der Waals surface area contributed by atoms with Gasteiger partial charge in [-0.05, 0) is 55.3 Å². The van der Waals surface area contributed by atoms with Gasteiger partial charge in [-0.25, -0.2) is 8.42 Å². The Morgan fingerprint density at radius 1 is 1.14 bits per heavy atom. The summed E-state index contributed by atoms with van der Waals surface area (Å²) in [5.41, 5.74) is 0.683. The topological polar surface area (TPSA) is 84.9 Å². The summed E-state index contributed by atoms with van der Waals surface area (Å²) in [4.78, 5) is 12.5. The van der Waals surface area contributed by atoms with E-state index in [0.29, 0.717) is 24.4 Å². The van der Waals surface area contributed by atoms with Crippen molar-refractivity contribution in [2.75, 3.05) is 36.9 Å². The first kappa shape index (κ1) is 21.3. The van der Waals surface area contributed by atoms with Crippen molar-refractivity contribution in [1.82, 2.24) is 5.32 Å². The molecule has 9 heteroatoms. The maximum Gasteiger partial charge on any atom is 0.252 e. The Bertz CT molecular complexity index is 963. The van der Waals surface area contributed by atoms with Gasteiger partial charge in [-0.2, -0.15) is 0 Å². The van der Waals surface area contributed by atoms with Crippen molar-refractivity contribution in [3.05, 3.63) is 53.1 Å². The average molecular weight is 439 g/mol. The number of anilines is 1. The number of hydrogen-bond acceptors (Lipinski definition) is 5. The molecule has 29 heavy (non-hydrogen) atoms. The molecule has 0 radical (unpaired) electrons. The van der Waals surface area contributed by atoms with Gasteiger partial charge in [0.25, 0.3) is 5.91 Å². The van der Waals surface area contributed by atoms with Crippen molar-refractivity contribution in [3.8, 4) is 11.5 Å². The molecular weight excluding hydrogens is 416 g/mol. The Labute approximate surface area is 175 Å². The van der Waals surface area contributed by atoms with Crippen molar-refractivity contribution < 1.29 is 22.7 Å². The number of halogens is 1. The molecule has 1 aliphatic rings. The van der Waals surface area contributed by atoms with Crippen LogP contribution in [0.15, 0.2) is 42.5 Å². The first-order chi connectivity index (χ1) is 13.9. The lowest BCUT2D eigenvalue weighted by Gasteiger charge is -2.28. The third-order valence-corrected chi connectivity index (χ3v) is 6.75. The van der Waals surface area contributed by atoms with E-state index in [1.807, 2.05) is 0 Å². The predicted octanol–water partition coefficient (Wildman–Crippen LogP) is 3.09. The van der Waals surface area contributed by atoms with Crippen LogP contribution in [-0.4, -0.2) is 46.9 Å². The van der Waals surface area contributed by atoms with Crippen LogP contribution in [0.1, 0.15) is 23.2 Å². The number of methoxy groups -OCH3 is 1. The van der Waals surface area contributed by atoms with Crippen LogP contribution >= 0.6 is 11.6 Å². The van der Waals surface area contributed by atoms with Gasteiger partial charge in [0.1, 0.15) is 18.1 Å². The van der Waals surface area contributed by atoms with Crippen molar-refractivity contribution in [2.24, 2.45) is 0 Å². The molecule has 0 unspecified atom stereocenters. The van der Waals surface area contributed by atoms with E-state index in [0.717, 1.165) is 12.2 Å². The summed E-state index contributed by atoms with van der Waals surface area (Å²) in [6.45, 7) is 0.948. The van der Waals surface area contributed by atoms with Crippen LogP contribution in [0.5, 0.6) is 11.5 Å². The van der Waals surface area contributed by atoms with Gasteiger partial charge in [0, 0.05) is 6.54 Å². The fourth-order valence-electron chi connectivity index (χ4n) is 3.02. The van der Waals surface area contributed by atoms with Crippen molar-refractivity contribution in [2.45, 2.75) is 12.8 Å². The van der Waals surface area contributed by atoms with Gasteiger partial charge < -0.3 is 14.8 Å². The molecule has 7 nitrogen and oxygen atoms in total. The lowest BCUT2D eigenvalue weighted by Crippen LogP contribution is -2.38. The molecule has 0 aliphatic carbocycles. The summed E-state index contributed by atoms with van der Waals surface area (Å²) < 4.78 is 36.6. The van der Waals surface area contributed by atoms with Crippen LogP contribution in [0.25, 0.3) is 0 Å². The molecule has 156 valence electrons. The molecule has 2 aromatic rings. The first-order valence-electron chi connectivity index (χ1n) is 9.26. The predicted molar refractivity (Wildman–Crippen MR) is 113 cm³/mol. The number of sulfonamides is 1. The summed E-state index contributed by atoms with van der Waals surface area (Å²) in [5, 5.41) is 3.00. The molecular formula is C20H23ClN2O5S. The molecule has 1 N–H and O–H groups in total. The normalized spacial score (nSPS) is 15.6. The largest absolute Gasteiger partial charge is 0.497 e. The van der Waals surface area contributed by atoms with Crippen LogP contribution in [0.3, 0.4) is 0 Å². The monoisotopic (exact) mass is 438 g/mol. The average Bonchev–Trinajstić information content (AvgIpc) is 2.72. The zero-order chi connectivity index (χ0) is 20.9. The van der Waals surface area contributed by atoms with E-state index < -0.39 is 10.0 Å². The molecule has 1 heterocycles. The number of rotatable bonds is 7. The highest BCUT2D eigenvalue weighted by atomic mass is 35.5. The number of hydrogen-bond donors (Lipinski definition) is 1.